The number of nitrogens with one attached hydrogen (secondary N) is 1. The molecule has 1 fully saturated rings. The fourth-order valence-corrected chi connectivity index (χ4v) is 1.77. The van der Waals surface area contributed by atoms with Crippen molar-refractivity contribution in [2.75, 3.05) is 0 Å². The number of aliphatic hydroxyl groups excluding tert-OH is 1. The second-order valence-corrected chi connectivity index (χ2v) is 4.08. The van der Waals surface area contributed by atoms with Gasteiger partial charge in [-0.25, -0.2) is 4.79 Å². The van der Waals surface area contributed by atoms with Gasteiger partial charge >= 0.3 is 5.69 Å². The van der Waals surface area contributed by atoms with E-state index in [1.807, 2.05) is 0 Å². The van der Waals surface area contributed by atoms with E-state index in [2.05, 4.69) is 4.98 Å². The lowest BCUT2D eigenvalue weighted by atomic mass is 10.2. The summed E-state index contributed by atoms with van der Waals surface area (Å²) in [5.74, 6) is 0. The molecule has 0 aromatic carbocycles. The fraction of sp³-hybridized carbons (Fsp3) is 0.600. The third-order valence-corrected chi connectivity index (χ3v) is 2.81. The maximum absolute atomic E-state index is 11.5. The summed E-state index contributed by atoms with van der Waals surface area (Å²) in [4.78, 5) is 24.9. The van der Waals surface area contributed by atoms with Crippen LogP contribution in [0, 0.1) is 6.92 Å². The highest BCUT2D eigenvalue weighted by Gasteiger charge is 2.32. The molecule has 0 spiro atoms. The molecule has 3 atom stereocenters. The number of hydrogen-bond donors (Lipinski definition) is 2. The summed E-state index contributed by atoms with van der Waals surface area (Å²) in [5.41, 5.74) is -0.466. The van der Waals surface area contributed by atoms with Crippen molar-refractivity contribution < 1.29 is 9.84 Å². The molecule has 0 aliphatic carbocycles. The third-order valence-electron chi connectivity index (χ3n) is 2.81. The Kier molecular flexibility index (Phi) is 2.69. The second-order valence-electron chi connectivity index (χ2n) is 4.08. The lowest BCUT2D eigenvalue weighted by molar-refractivity contribution is -0.0102. The molecule has 1 aliphatic rings. The average molecular weight is 226 g/mol. The Morgan fingerprint density at radius 3 is 2.81 bits per heavy atom. The van der Waals surface area contributed by atoms with Gasteiger partial charge in [-0.1, -0.05) is 0 Å². The monoisotopic (exact) mass is 226 g/mol. The Morgan fingerprint density at radius 2 is 2.25 bits per heavy atom. The van der Waals surface area contributed by atoms with Gasteiger partial charge in [0.1, 0.15) is 6.23 Å². The lowest BCUT2D eigenvalue weighted by Gasteiger charge is -2.13. The first-order valence-electron chi connectivity index (χ1n) is 5.14. The van der Waals surface area contributed by atoms with Crippen molar-refractivity contribution in [3.8, 4) is 0 Å². The van der Waals surface area contributed by atoms with E-state index in [1.165, 1.54) is 10.8 Å². The minimum atomic E-state index is -0.580. The predicted octanol–water partition coefficient (Wildman–Crippen LogP) is -0.487. The van der Waals surface area contributed by atoms with Crippen molar-refractivity contribution in [2.24, 2.45) is 0 Å². The Labute approximate surface area is 91.5 Å². The van der Waals surface area contributed by atoms with E-state index >= 15 is 0 Å². The molecule has 0 saturated carbocycles. The van der Waals surface area contributed by atoms with Crippen molar-refractivity contribution >= 4 is 0 Å². The first-order chi connectivity index (χ1) is 7.49. The van der Waals surface area contributed by atoms with E-state index in [0.29, 0.717) is 12.0 Å². The summed E-state index contributed by atoms with van der Waals surface area (Å²) in [6.07, 6.45) is 0.421. The molecule has 2 heterocycles. The van der Waals surface area contributed by atoms with Gasteiger partial charge in [0, 0.05) is 18.2 Å². The highest BCUT2D eigenvalue weighted by atomic mass is 16.5. The summed E-state index contributed by atoms with van der Waals surface area (Å²) in [5, 5.41) is 9.53. The summed E-state index contributed by atoms with van der Waals surface area (Å²) >= 11 is 0. The molecular formula is C10H14N2O4. The molecule has 0 bridgehead atoms. The molecule has 2 rings (SSSR count). The van der Waals surface area contributed by atoms with Gasteiger partial charge in [0.15, 0.2) is 0 Å². The van der Waals surface area contributed by atoms with Crippen molar-refractivity contribution in [1.82, 2.24) is 9.55 Å². The van der Waals surface area contributed by atoms with E-state index in [0.717, 1.165) is 0 Å². The second kappa shape index (κ2) is 3.88. The number of nitrogens with zero attached hydrogens (tertiary/aromatic N) is 1. The van der Waals surface area contributed by atoms with Gasteiger partial charge in [-0.15, -0.1) is 0 Å². The van der Waals surface area contributed by atoms with Crippen LogP contribution in [0.15, 0.2) is 15.8 Å². The van der Waals surface area contributed by atoms with E-state index in [1.54, 1.807) is 13.8 Å². The highest BCUT2D eigenvalue weighted by molar-refractivity contribution is 5.01. The Balaban J connectivity index is 2.39. The van der Waals surface area contributed by atoms with Crippen LogP contribution >= 0.6 is 0 Å². The zero-order valence-corrected chi connectivity index (χ0v) is 9.14. The van der Waals surface area contributed by atoms with Gasteiger partial charge in [-0.05, 0) is 13.8 Å². The van der Waals surface area contributed by atoms with Crippen LogP contribution in [-0.4, -0.2) is 26.9 Å². The van der Waals surface area contributed by atoms with Crippen LogP contribution in [0.4, 0.5) is 0 Å². The van der Waals surface area contributed by atoms with E-state index in [4.69, 9.17) is 4.74 Å². The molecule has 1 saturated heterocycles. The van der Waals surface area contributed by atoms with Crippen molar-refractivity contribution in [2.45, 2.75) is 38.7 Å². The van der Waals surface area contributed by atoms with Crippen LogP contribution in [0.2, 0.25) is 0 Å². The molecule has 6 heteroatoms. The molecule has 1 aliphatic heterocycles. The SMILES string of the molecule is Cc1cn([C@@H]2C[C@H](O)[C@@H](C)O2)c(=O)[nH]c1=O. The zero-order chi connectivity index (χ0) is 11.9. The maximum atomic E-state index is 11.5. The molecule has 16 heavy (non-hydrogen) atoms. The predicted molar refractivity (Wildman–Crippen MR) is 56.3 cm³/mol. The smallest absolute Gasteiger partial charge is 0.330 e. The third kappa shape index (κ3) is 1.81. The van der Waals surface area contributed by atoms with Gasteiger partial charge in [-0.2, -0.15) is 0 Å². The molecule has 0 radical (unpaired) electrons. The highest BCUT2D eigenvalue weighted by Crippen LogP contribution is 2.26. The molecular weight excluding hydrogens is 212 g/mol. The summed E-state index contributed by atoms with van der Waals surface area (Å²) in [6.45, 7) is 3.36. The number of aromatic amines is 1. The fourth-order valence-electron chi connectivity index (χ4n) is 1.77. The minimum absolute atomic E-state index is 0.302. The first kappa shape index (κ1) is 11.1. The van der Waals surface area contributed by atoms with Crippen LogP contribution in [0.3, 0.4) is 0 Å². The van der Waals surface area contributed by atoms with Gasteiger partial charge < -0.3 is 9.84 Å². The van der Waals surface area contributed by atoms with Crippen molar-refractivity contribution in [3.05, 3.63) is 32.6 Å². The quantitative estimate of drug-likeness (QED) is 0.677. The van der Waals surface area contributed by atoms with Gasteiger partial charge in [0.2, 0.25) is 0 Å². The van der Waals surface area contributed by atoms with Gasteiger partial charge in [0.25, 0.3) is 5.56 Å². The number of H-pyrrole nitrogens is 1. The summed E-state index contributed by atoms with van der Waals surface area (Å²) in [7, 11) is 0. The number of aromatic nitrogens is 2. The topological polar surface area (TPSA) is 84.3 Å². The van der Waals surface area contributed by atoms with E-state index in [9.17, 15) is 14.7 Å². The Bertz CT molecular complexity index is 494. The molecule has 0 amide bonds. The summed E-state index contributed by atoms with van der Waals surface area (Å²) in [6, 6.07) is 0. The number of rotatable bonds is 1. The van der Waals surface area contributed by atoms with Gasteiger partial charge in [-0.3, -0.25) is 14.3 Å². The maximum Gasteiger partial charge on any atom is 0.330 e. The van der Waals surface area contributed by atoms with Crippen LogP contribution in [0.1, 0.15) is 25.1 Å². The zero-order valence-electron chi connectivity index (χ0n) is 9.14. The molecule has 1 aromatic rings. The first-order valence-corrected chi connectivity index (χ1v) is 5.14. The molecule has 2 N–H and O–H groups in total. The summed E-state index contributed by atoms with van der Waals surface area (Å²) < 4.78 is 6.74. The number of hydrogen-bond acceptors (Lipinski definition) is 4. The molecule has 1 aromatic heterocycles. The number of aliphatic hydroxyl groups is 1. The normalized spacial score (nSPS) is 29.6. The van der Waals surface area contributed by atoms with Crippen LogP contribution in [0.25, 0.3) is 0 Å². The van der Waals surface area contributed by atoms with Crippen LogP contribution < -0.4 is 11.2 Å². The van der Waals surface area contributed by atoms with Crippen molar-refractivity contribution in [1.29, 1.82) is 0 Å². The Hall–Kier alpha value is -1.40. The Morgan fingerprint density at radius 1 is 1.56 bits per heavy atom. The van der Waals surface area contributed by atoms with E-state index < -0.39 is 23.6 Å². The number of ether oxygens (including phenoxy) is 1. The van der Waals surface area contributed by atoms with Gasteiger partial charge in [0.05, 0.1) is 12.2 Å². The molecule has 88 valence electrons. The molecule has 0 unspecified atom stereocenters. The van der Waals surface area contributed by atoms with Crippen molar-refractivity contribution in [3.63, 3.8) is 0 Å². The standard InChI is InChI=1S/C10H14N2O4/c1-5-4-12(10(15)11-9(5)14)8-3-7(13)6(2)16-8/h4,6-8,13H,3H2,1-2H3,(H,11,14,15)/t6-,7+,8+/m1/s1. The lowest BCUT2D eigenvalue weighted by Crippen LogP contribution is -2.33. The molecule has 6 nitrogen and oxygen atoms in total. The van der Waals surface area contributed by atoms with Crippen LogP contribution in [0.5, 0.6) is 0 Å². The minimum Gasteiger partial charge on any atom is -0.390 e. The largest absolute Gasteiger partial charge is 0.390 e. The van der Waals surface area contributed by atoms with Crippen LogP contribution in [-0.2, 0) is 4.74 Å². The average Bonchev–Trinajstić information content (AvgIpc) is 2.53. The van der Waals surface area contributed by atoms with E-state index in [-0.39, 0.29) is 6.10 Å². The number of aryl methyl sites for hydroxylation is 1.